The molecular formula is C9H11N3O. The molecule has 0 aliphatic heterocycles. The molecule has 0 radical (unpaired) electrons. The fourth-order valence-corrected chi connectivity index (χ4v) is 0.995. The fourth-order valence-electron chi connectivity index (χ4n) is 0.995. The monoisotopic (exact) mass is 177 g/mol. The van der Waals surface area contributed by atoms with E-state index in [0.717, 1.165) is 5.56 Å². The number of aryl methyl sites for hydroxylation is 1. The average molecular weight is 177 g/mol. The van der Waals surface area contributed by atoms with Gasteiger partial charge in [-0.25, -0.2) is 4.98 Å². The quantitative estimate of drug-likeness (QED) is 0.711. The Labute approximate surface area is 76.8 Å². The minimum Gasteiger partial charge on any atom is -0.395 e. The number of pyridine rings is 1. The number of aliphatic hydroxyl groups is 1. The van der Waals surface area contributed by atoms with E-state index in [4.69, 9.17) is 10.4 Å². The summed E-state index contributed by atoms with van der Waals surface area (Å²) in [5.74, 6) is 0.716. The van der Waals surface area contributed by atoms with Crippen molar-refractivity contribution in [2.24, 2.45) is 0 Å². The van der Waals surface area contributed by atoms with E-state index in [1.165, 1.54) is 6.20 Å². The number of aliphatic hydroxyl groups excluding tert-OH is 1. The van der Waals surface area contributed by atoms with Crippen molar-refractivity contribution < 1.29 is 5.11 Å². The Balaban J connectivity index is 2.81. The van der Waals surface area contributed by atoms with Gasteiger partial charge in [0, 0.05) is 12.7 Å². The van der Waals surface area contributed by atoms with Crippen LogP contribution in [0.3, 0.4) is 0 Å². The summed E-state index contributed by atoms with van der Waals surface area (Å²) >= 11 is 0. The molecule has 0 aliphatic rings. The van der Waals surface area contributed by atoms with Crippen LogP contribution in [-0.2, 0) is 0 Å². The molecule has 0 fully saturated rings. The summed E-state index contributed by atoms with van der Waals surface area (Å²) < 4.78 is 0. The van der Waals surface area contributed by atoms with Gasteiger partial charge in [0.2, 0.25) is 0 Å². The smallest absolute Gasteiger partial charge is 0.129 e. The van der Waals surface area contributed by atoms with Crippen LogP contribution in [0, 0.1) is 18.3 Å². The maximum absolute atomic E-state index is 8.58. The van der Waals surface area contributed by atoms with Gasteiger partial charge in [-0.15, -0.1) is 0 Å². The molecule has 0 atom stereocenters. The first-order chi connectivity index (χ1) is 6.27. The number of aromatic nitrogens is 1. The van der Waals surface area contributed by atoms with E-state index < -0.39 is 0 Å². The Morgan fingerprint density at radius 2 is 2.46 bits per heavy atom. The third kappa shape index (κ3) is 2.42. The van der Waals surface area contributed by atoms with Gasteiger partial charge < -0.3 is 10.4 Å². The number of nitrogens with zero attached hydrogens (tertiary/aromatic N) is 2. The van der Waals surface area contributed by atoms with Crippen LogP contribution in [0.2, 0.25) is 0 Å². The van der Waals surface area contributed by atoms with Gasteiger partial charge in [0.15, 0.2) is 0 Å². The van der Waals surface area contributed by atoms with Crippen molar-refractivity contribution in [3.8, 4) is 6.07 Å². The van der Waals surface area contributed by atoms with Crippen LogP contribution >= 0.6 is 0 Å². The van der Waals surface area contributed by atoms with E-state index in [1.54, 1.807) is 6.07 Å². The van der Waals surface area contributed by atoms with E-state index >= 15 is 0 Å². The van der Waals surface area contributed by atoms with Crippen molar-refractivity contribution in [2.45, 2.75) is 6.92 Å². The van der Waals surface area contributed by atoms with Crippen LogP contribution < -0.4 is 5.32 Å². The molecule has 2 N–H and O–H groups in total. The van der Waals surface area contributed by atoms with Gasteiger partial charge in [-0.2, -0.15) is 5.26 Å². The van der Waals surface area contributed by atoms with Gasteiger partial charge in [0.25, 0.3) is 0 Å². The number of nitriles is 1. The first kappa shape index (κ1) is 9.49. The Morgan fingerprint density at radius 3 is 3.00 bits per heavy atom. The highest BCUT2D eigenvalue weighted by Crippen LogP contribution is 2.11. The topological polar surface area (TPSA) is 68.9 Å². The first-order valence-electron chi connectivity index (χ1n) is 3.99. The predicted octanol–water partition coefficient (Wildman–Crippen LogP) is 0.666. The number of rotatable bonds is 3. The van der Waals surface area contributed by atoms with Gasteiger partial charge in [-0.05, 0) is 18.6 Å². The zero-order valence-corrected chi connectivity index (χ0v) is 7.41. The van der Waals surface area contributed by atoms with E-state index in [9.17, 15) is 0 Å². The van der Waals surface area contributed by atoms with Crippen molar-refractivity contribution in [3.05, 3.63) is 23.4 Å². The number of anilines is 1. The molecule has 0 amide bonds. The van der Waals surface area contributed by atoms with Crippen LogP contribution in [-0.4, -0.2) is 23.2 Å². The first-order valence-corrected chi connectivity index (χ1v) is 3.99. The molecular weight excluding hydrogens is 166 g/mol. The summed E-state index contributed by atoms with van der Waals surface area (Å²) in [6.45, 7) is 2.41. The molecule has 0 bridgehead atoms. The van der Waals surface area contributed by atoms with Gasteiger partial charge >= 0.3 is 0 Å². The largest absolute Gasteiger partial charge is 0.395 e. The van der Waals surface area contributed by atoms with Crippen LogP contribution in [0.15, 0.2) is 12.3 Å². The van der Waals surface area contributed by atoms with Gasteiger partial charge in [0.1, 0.15) is 11.9 Å². The molecule has 1 heterocycles. The summed E-state index contributed by atoms with van der Waals surface area (Å²) in [6.07, 6.45) is 1.51. The minimum absolute atomic E-state index is 0.0706. The molecule has 4 heteroatoms. The molecule has 4 nitrogen and oxygen atoms in total. The lowest BCUT2D eigenvalue weighted by atomic mass is 10.2. The summed E-state index contributed by atoms with van der Waals surface area (Å²) in [4.78, 5) is 4.04. The predicted molar refractivity (Wildman–Crippen MR) is 49.3 cm³/mol. The molecule has 0 saturated heterocycles. The molecule has 1 aromatic rings. The summed E-state index contributed by atoms with van der Waals surface area (Å²) in [5, 5.41) is 20.1. The fraction of sp³-hybridized carbons (Fsp3) is 0.333. The third-order valence-electron chi connectivity index (χ3n) is 1.61. The SMILES string of the molecule is Cc1cc(C#N)cnc1NCCO. The number of nitrogens with one attached hydrogen (secondary N) is 1. The Kier molecular flexibility index (Phi) is 3.23. The van der Waals surface area contributed by atoms with Gasteiger partial charge in [0.05, 0.1) is 12.2 Å². The van der Waals surface area contributed by atoms with E-state index in [2.05, 4.69) is 10.3 Å². The minimum atomic E-state index is 0.0706. The standard InChI is InChI=1S/C9H11N3O/c1-7-4-8(5-10)6-12-9(7)11-2-3-13/h4,6,13H,2-3H2,1H3,(H,11,12). The van der Waals surface area contributed by atoms with Crippen LogP contribution in [0.1, 0.15) is 11.1 Å². The summed E-state index contributed by atoms with van der Waals surface area (Å²) in [5.41, 5.74) is 1.46. The van der Waals surface area contributed by atoms with E-state index in [-0.39, 0.29) is 6.61 Å². The highest BCUT2D eigenvalue weighted by molar-refractivity contribution is 5.46. The highest BCUT2D eigenvalue weighted by atomic mass is 16.3. The lowest BCUT2D eigenvalue weighted by Gasteiger charge is -2.06. The van der Waals surface area contributed by atoms with Crippen LogP contribution in [0.4, 0.5) is 5.82 Å². The molecule has 0 unspecified atom stereocenters. The normalized spacial score (nSPS) is 9.31. The Morgan fingerprint density at radius 1 is 1.69 bits per heavy atom. The second-order valence-corrected chi connectivity index (χ2v) is 2.65. The Bertz CT molecular complexity index is 330. The van der Waals surface area contributed by atoms with Gasteiger partial charge in [-0.1, -0.05) is 0 Å². The molecule has 1 aromatic heterocycles. The summed E-state index contributed by atoms with van der Waals surface area (Å²) in [6, 6.07) is 3.77. The van der Waals surface area contributed by atoms with E-state index in [0.29, 0.717) is 17.9 Å². The summed E-state index contributed by atoms with van der Waals surface area (Å²) in [7, 11) is 0. The second-order valence-electron chi connectivity index (χ2n) is 2.65. The zero-order valence-electron chi connectivity index (χ0n) is 7.41. The molecule has 0 aromatic carbocycles. The van der Waals surface area contributed by atoms with Crippen molar-refractivity contribution in [2.75, 3.05) is 18.5 Å². The lowest BCUT2D eigenvalue weighted by Crippen LogP contribution is -2.08. The molecule has 68 valence electrons. The van der Waals surface area contributed by atoms with Crippen molar-refractivity contribution >= 4 is 5.82 Å². The molecule has 0 aliphatic carbocycles. The maximum atomic E-state index is 8.58. The molecule has 1 rings (SSSR count). The number of hydrogen-bond acceptors (Lipinski definition) is 4. The highest BCUT2D eigenvalue weighted by Gasteiger charge is 1.99. The van der Waals surface area contributed by atoms with Crippen LogP contribution in [0.25, 0.3) is 0 Å². The molecule has 0 spiro atoms. The van der Waals surface area contributed by atoms with Gasteiger partial charge in [-0.3, -0.25) is 0 Å². The molecule has 0 saturated carbocycles. The third-order valence-corrected chi connectivity index (χ3v) is 1.61. The second kappa shape index (κ2) is 4.43. The maximum Gasteiger partial charge on any atom is 0.129 e. The van der Waals surface area contributed by atoms with Crippen molar-refractivity contribution in [3.63, 3.8) is 0 Å². The zero-order chi connectivity index (χ0) is 9.68. The van der Waals surface area contributed by atoms with Crippen molar-refractivity contribution in [1.82, 2.24) is 4.98 Å². The Hall–Kier alpha value is -1.60. The van der Waals surface area contributed by atoms with Crippen molar-refractivity contribution in [1.29, 1.82) is 5.26 Å². The molecule has 13 heavy (non-hydrogen) atoms. The van der Waals surface area contributed by atoms with E-state index in [1.807, 2.05) is 13.0 Å². The van der Waals surface area contributed by atoms with Crippen LogP contribution in [0.5, 0.6) is 0 Å². The lowest BCUT2D eigenvalue weighted by molar-refractivity contribution is 0.311. The average Bonchev–Trinajstić information content (AvgIpc) is 2.16. The number of hydrogen-bond donors (Lipinski definition) is 2.